The van der Waals surface area contributed by atoms with E-state index >= 15 is 0 Å². The molecule has 2 aromatic rings. The van der Waals surface area contributed by atoms with Crippen molar-refractivity contribution < 1.29 is 19.3 Å². The molecule has 0 spiro atoms. The molecule has 0 bridgehead atoms. The zero-order valence-electron chi connectivity index (χ0n) is 11.8. The summed E-state index contributed by atoms with van der Waals surface area (Å²) in [7, 11) is 4.74. The molecule has 0 saturated carbocycles. The van der Waals surface area contributed by atoms with Crippen molar-refractivity contribution in [2.75, 3.05) is 21.3 Å². The van der Waals surface area contributed by atoms with Crippen LogP contribution in [0.3, 0.4) is 0 Å². The summed E-state index contributed by atoms with van der Waals surface area (Å²) >= 11 is 0. The number of aliphatic hydroxyl groups excluding tert-OH is 1. The summed E-state index contributed by atoms with van der Waals surface area (Å²) in [6.07, 6.45) is -0.810. The van der Waals surface area contributed by atoms with Crippen molar-refractivity contribution >= 4 is 0 Å². The van der Waals surface area contributed by atoms with Gasteiger partial charge in [0.1, 0.15) is 23.4 Å². The van der Waals surface area contributed by atoms with Crippen LogP contribution < -0.4 is 14.2 Å². The third kappa shape index (κ3) is 2.86. The van der Waals surface area contributed by atoms with Gasteiger partial charge >= 0.3 is 0 Å². The van der Waals surface area contributed by atoms with Gasteiger partial charge in [0.25, 0.3) is 0 Å². The van der Waals surface area contributed by atoms with Crippen LogP contribution in [0.5, 0.6) is 17.2 Å². The van der Waals surface area contributed by atoms with Gasteiger partial charge in [-0.15, -0.1) is 0 Å². The first-order valence-corrected chi connectivity index (χ1v) is 6.23. The zero-order valence-corrected chi connectivity index (χ0v) is 11.8. The first kappa shape index (κ1) is 14.2. The van der Waals surface area contributed by atoms with Crippen molar-refractivity contribution in [3.05, 3.63) is 53.6 Å². The molecule has 4 heteroatoms. The highest BCUT2D eigenvalue weighted by Crippen LogP contribution is 2.33. The van der Waals surface area contributed by atoms with Gasteiger partial charge in [0.15, 0.2) is 0 Å². The van der Waals surface area contributed by atoms with Gasteiger partial charge in [-0.2, -0.15) is 0 Å². The molecule has 2 rings (SSSR count). The van der Waals surface area contributed by atoms with E-state index in [0.29, 0.717) is 28.4 Å². The van der Waals surface area contributed by atoms with E-state index in [2.05, 4.69) is 0 Å². The lowest BCUT2D eigenvalue weighted by molar-refractivity contribution is 0.213. The Labute approximate surface area is 118 Å². The molecule has 0 unspecified atom stereocenters. The van der Waals surface area contributed by atoms with Crippen LogP contribution in [0.25, 0.3) is 0 Å². The maximum absolute atomic E-state index is 10.6. The van der Waals surface area contributed by atoms with Crippen LogP contribution in [0.4, 0.5) is 0 Å². The molecule has 0 amide bonds. The third-order valence-electron chi connectivity index (χ3n) is 3.12. The molecule has 0 aromatic heterocycles. The smallest absolute Gasteiger partial charge is 0.125 e. The van der Waals surface area contributed by atoms with E-state index in [-0.39, 0.29) is 0 Å². The Balaban J connectivity index is 2.44. The van der Waals surface area contributed by atoms with Gasteiger partial charge in [-0.05, 0) is 23.8 Å². The van der Waals surface area contributed by atoms with Crippen LogP contribution in [0.15, 0.2) is 42.5 Å². The summed E-state index contributed by atoms with van der Waals surface area (Å²) < 4.78 is 15.7. The molecule has 0 saturated heterocycles. The molecule has 0 fully saturated rings. The van der Waals surface area contributed by atoms with Crippen molar-refractivity contribution in [2.24, 2.45) is 0 Å². The first-order valence-electron chi connectivity index (χ1n) is 6.23. The van der Waals surface area contributed by atoms with Gasteiger partial charge in [-0.25, -0.2) is 0 Å². The van der Waals surface area contributed by atoms with E-state index < -0.39 is 6.10 Å². The Morgan fingerprint density at radius 3 is 2.00 bits per heavy atom. The second-order valence-corrected chi connectivity index (χ2v) is 4.29. The average Bonchev–Trinajstić information content (AvgIpc) is 2.53. The first-order chi connectivity index (χ1) is 9.69. The lowest BCUT2D eigenvalue weighted by Gasteiger charge is -2.16. The van der Waals surface area contributed by atoms with Crippen LogP contribution in [0, 0.1) is 0 Å². The van der Waals surface area contributed by atoms with Gasteiger partial charge in [0.2, 0.25) is 0 Å². The summed E-state index contributed by atoms with van der Waals surface area (Å²) in [6.45, 7) is 0. The normalized spacial score (nSPS) is 11.8. The topological polar surface area (TPSA) is 47.9 Å². The summed E-state index contributed by atoms with van der Waals surface area (Å²) in [4.78, 5) is 0. The molecular formula is C16H18O4. The number of methoxy groups -OCH3 is 3. The lowest BCUT2D eigenvalue weighted by atomic mass is 10.00. The van der Waals surface area contributed by atoms with E-state index in [9.17, 15) is 5.11 Å². The van der Waals surface area contributed by atoms with Gasteiger partial charge in [-0.1, -0.05) is 18.2 Å². The van der Waals surface area contributed by atoms with Gasteiger partial charge in [0, 0.05) is 11.6 Å². The van der Waals surface area contributed by atoms with Crippen molar-refractivity contribution in [3.8, 4) is 17.2 Å². The van der Waals surface area contributed by atoms with E-state index in [4.69, 9.17) is 14.2 Å². The summed E-state index contributed by atoms with van der Waals surface area (Å²) in [6, 6.07) is 12.7. The minimum absolute atomic E-state index is 0.633. The molecule has 1 N–H and O–H groups in total. The molecule has 0 radical (unpaired) electrons. The number of hydrogen-bond donors (Lipinski definition) is 1. The Hall–Kier alpha value is -2.20. The van der Waals surface area contributed by atoms with Crippen LogP contribution in [0.1, 0.15) is 17.2 Å². The fourth-order valence-corrected chi connectivity index (χ4v) is 2.06. The number of rotatable bonds is 5. The van der Waals surface area contributed by atoms with Crippen molar-refractivity contribution in [1.29, 1.82) is 0 Å². The fourth-order valence-electron chi connectivity index (χ4n) is 2.06. The second-order valence-electron chi connectivity index (χ2n) is 4.29. The predicted octanol–water partition coefficient (Wildman–Crippen LogP) is 2.79. The van der Waals surface area contributed by atoms with E-state index in [0.717, 1.165) is 0 Å². The Kier molecular flexibility index (Phi) is 4.48. The standard InChI is InChI=1S/C16H18O4/c1-18-12-8-11(9-13(10-12)19-2)16(17)14-6-4-5-7-15(14)20-3/h4-10,16-17H,1-3H3/t16-/m0/s1. The third-order valence-corrected chi connectivity index (χ3v) is 3.12. The van der Waals surface area contributed by atoms with E-state index in [1.165, 1.54) is 0 Å². The number of aliphatic hydroxyl groups is 1. The minimum atomic E-state index is -0.810. The number of hydrogen-bond acceptors (Lipinski definition) is 4. The molecule has 1 atom stereocenters. The largest absolute Gasteiger partial charge is 0.497 e. The van der Waals surface area contributed by atoms with Crippen LogP contribution in [-0.2, 0) is 0 Å². The van der Waals surface area contributed by atoms with Crippen molar-refractivity contribution in [1.82, 2.24) is 0 Å². The average molecular weight is 274 g/mol. The van der Waals surface area contributed by atoms with Crippen LogP contribution in [0.2, 0.25) is 0 Å². The quantitative estimate of drug-likeness (QED) is 0.910. The number of para-hydroxylation sites is 1. The molecule has 4 nitrogen and oxygen atoms in total. The molecule has 106 valence electrons. The summed E-state index contributed by atoms with van der Waals surface area (Å²) in [5.41, 5.74) is 1.39. The second kappa shape index (κ2) is 6.30. The van der Waals surface area contributed by atoms with Crippen LogP contribution in [-0.4, -0.2) is 26.4 Å². The minimum Gasteiger partial charge on any atom is -0.497 e. The highest BCUT2D eigenvalue weighted by atomic mass is 16.5. The lowest BCUT2D eigenvalue weighted by Crippen LogP contribution is -2.03. The van der Waals surface area contributed by atoms with Gasteiger partial charge in [0.05, 0.1) is 21.3 Å². The zero-order chi connectivity index (χ0) is 14.5. The van der Waals surface area contributed by atoms with E-state index in [1.807, 2.05) is 24.3 Å². The molecule has 0 aliphatic heterocycles. The molecule has 20 heavy (non-hydrogen) atoms. The fraction of sp³-hybridized carbons (Fsp3) is 0.250. The van der Waals surface area contributed by atoms with Crippen molar-refractivity contribution in [2.45, 2.75) is 6.10 Å². The van der Waals surface area contributed by atoms with Crippen molar-refractivity contribution in [3.63, 3.8) is 0 Å². The molecule has 0 heterocycles. The maximum atomic E-state index is 10.6. The number of ether oxygens (including phenoxy) is 3. The Morgan fingerprint density at radius 2 is 1.45 bits per heavy atom. The van der Waals surface area contributed by atoms with Gasteiger partial charge < -0.3 is 19.3 Å². The van der Waals surface area contributed by atoms with Crippen LogP contribution >= 0.6 is 0 Å². The maximum Gasteiger partial charge on any atom is 0.125 e. The Morgan fingerprint density at radius 1 is 0.850 bits per heavy atom. The highest BCUT2D eigenvalue weighted by Gasteiger charge is 2.16. The molecule has 2 aromatic carbocycles. The summed E-state index contributed by atoms with van der Waals surface area (Å²) in [5.74, 6) is 1.91. The van der Waals surface area contributed by atoms with Gasteiger partial charge in [-0.3, -0.25) is 0 Å². The molecule has 0 aliphatic rings. The monoisotopic (exact) mass is 274 g/mol. The highest BCUT2D eigenvalue weighted by molar-refractivity contribution is 5.45. The summed E-state index contributed by atoms with van der Waals surface area (Å²) in [5, 5.41) is 10.6. The number of benzene rings is 2. The van der Waals surface area contributed by atoms with E-state index in [1.54, 1.807) is 39.5 Å². The molecular weight excluding hydrogens is 256 g/mol. The SMILES string of the molecule is COc1cc(OC)cc([C@H](O)c2ccccc2OC)c1. The molecule has 0 aliphatic carbocycles. The predicted molar refractivity (Wildman–Crippen MR) is 76.6 cm³/mol. The Bertz CT molecular complexity index is 558.